The van der Waals surface area contributed by atoms with Gasteiger partial charge in [-0.3, -0.25) is 14.3 Å². The summed E-state index contributed by atoms with van der Waals surface area (Å²) in [6, 6.07) is 7.42. The Labute approximate surface area is 180 Å². The number of nitrogens with two attached hydrogens (primary N) is 1. The van der Waals surface area contributed by atoms with Crippen molar-refractivity contribution in [3.05, 3.63) is 47.3 Å². The van der Waals surface area contributed by atoms with E-state index in [1.807, 2.05) is 38.1 Å². The van der Waals surface area contributed by atoms with Gasteiger partial charge in [-0.2, -0.15) is 5.10 Å². The lowest BCUT2D eigenvalue weighted by Gasteiger charge is -2.18. The van der Waals surface area contributed by atoms with E-state index < -0.39 is 5.91 Å². The highest BCUT2D eigenvalue weighted by Crippen LogP contribution is 2.34. The summed E-state index contributed by atoms with van der Waals surface area (Å²) in [6.45, 7) is 4.00. The number of anilines is 3. The summed E-state index contributed by atoms with van der Waals surface area (Å²) >= 11 is 0. The smallest absolute Gasteiger partial charge is 0.269 e. The molecule has 1 aliphatic carbocycles. The number of nitrogens with one attached hydrogen (secondary N) is 2. The Morgan fingerprint density at radius 1 is 1.19 bits per heavy atom. The molecule has 0 aliphatic heterocycles. The van der Waals surface area contributed by atoms with Gasteiger partial charge in [-0.05, 0) is 36.5 Å². The molecule has 1 aromatic carbocycles. The predicted octanol–water partition coefficient (Wildman–Crippen LogP) is 2.80. The lowest BCUT2D eigenvalue weighted by Crippen LogP contribution is -2.16. The Bertz CT molecular complexity index is 1170. The highest BCUT2D eigenvalue weighted by Gasteiger charge is 2.28. The molecule has 0 saturated carbocycles. The highest BCUT2D eigenvalue weighted by atomic mass is 16.2. The van der Waals surface area contributed by atoms with Crippen LogP contribution >= 0.6 is 0 Å². The van der Waals surface area contributed by atoms with Crippen LogP contribution in [-0.2, 0) is 24.7 Å². The van der Waals surface area contributed by atoms with E-state index in [0.717, 1.165) is 22.5 Å². The summed E-state index contributed by atoms with van der Waals surface area (Å²) < 4.78 is 1.64. The maximum atomic E-state index is 12.2. The summed E-state index contributed by atoms with van der Waals surface area (Å²) in [5.74, 6) is 0.0642. The third kappa shape index (κ3) is 4.11. The van der Waals surface area contributed by atoms with Gasteiger partial charge in [0.1, 0.15) is 0 Å². The summed E-state index contributed by atoms with van der Waals surface area (Å²) in [5.41, 5.74) is 10.4. The number of nitrogens with zero attached hydrogens (tertiary/aromatic N) is 4. The molecule has 0 fully saturated rings. The molecule has 9 nitrogen and oxygen atoms in total. The van der Waals surface area contributed by atoms with Gasteiger partial charge in [-0.25, -0.2) is 9.97 Å². The van der Waals surface area contributed by atoms with Gasteiger partial charge in [-0.1, -0.05) is 26.0 Å². The van der Waals surface area contributed by atoms with E-state index in [9.17, 15) is 9.59 Å². The molecule has 2 amide bonds. The number of carbonyl (C=O) groups excluding carboxylic acids is 2. The molecule has 160 valence electrons. The van der Waals surface area contributed by atoms with Crippen LogP contribution in [0.2, 0.25) is 0 Å². The first-order valence-corrected chi connectivity index (χ1v) is 10.2. The third-order valence-corrected chi connectivity index (χ3v) is 5.15. The van der Waals surface area contributed by atoms with Gasteiger partial charge in [0.05, 0.1) is 22.8 Å². The number of hydrogen-bond acceptors (Lipinski definition) is 6. The number of aryl methyl sites for hydroxylation is 2. The van der Waals surface area contributed by atoms with Crippen molar-refractivity contribution in [2.45, 2.75) is 33.1 Å². The Kier molecular flexibility index (Phi) is 5.41. The van der Waals surface area contributed by atoms with Gasteiger partial charge in [-0.15, -0.1) is 0 Å². The van der Waals surface area contributed by atoms with E-state index >= 15 is 0 Å². The van der Waals surface area contributed by atoms with Crippen molar-refractivity contribution in [1.29, 1.82) is 0 Å². The summed E-state index contributed by atoms with van der Waals surface area (Å²) in [6.07, 6.45) is 3.59. The average Bonchev–Trinajstić information content (AvgIpc) is 3.06. The van der Waals surface area contributed by atoms with Gasteiger partial charge >= 0.3 is 0 Å². The van der Waals surface area contributed by atoms with E-state index in [1.165, 1.54) is 0 Å². The van der Waals surface area contributed by atoms with Crippen LogP contribution in [0.15, 0.2) is 30.5 Å². The lowest BCUT2D eigenvalue weighted by atomic mass is 9.93. The van der Waals surface area contributed by atoms with Crippen molar-refractivity contribution in [3.63, 3.8) is 0 Å². The highest BCUT2D eigenvalue weighted by molar-refractivity contribution is 5.95. The van der Waals surface area contributed by atoms with Gasteiger partial charge < -0.3 is 16.4 Å². The first kappa shape index (κ1) is 20.5. The number of hydrogen-bond donors (Lipinski definition) is 3. The largest absolute Gasteiger partial charge is 0.364 e. The maximum absolute atomic E-state index is 12.2. The third-order valence-electron chi connectivity index (χ3n) is 5.15. The van der Waals surface area contributed by atoms with Crippen LogP contribution in [0.5, 0.6) is 0 Å². The minimum Gasteiger partial charge on any atom is -0.364 e. The minimum absolute atomic E-state index is 0.0471. The van der Waals surface area contributed by atoms with Crippen molar-refractivity contribution in [3.8, 4) is 11.4 Å². The van der Waals surface area contributed by atoms with Crippen LogP contribution in [0.3, 0.4) is 0 Å². The van der Waals surface area contributed by atoms with Crippen LogP contribution in [0.4, 0.5) is 17.3 Å². The van der Waals surface area contributed by atoms with Crippen molar-refractivity contribution in [2.24, 2.45) is 18.7 Å². The summed E-state index contributed by atoms with van der Waals surface area (Å²) in [4.78, 5) is 33.1. The number of benzene rings is 1. The van der Waals surface area contributed by atoms with Crippen molar-refractivity contribution >= 4 is 29.1 Å². The van der Waals surface area contributed by atoms with Crippen LogP contribution < -0.4 is 16.4 Å². The molecular weight excluding hydrogens is 394 g/mol. The molecule has 2 aromatic heterocycles. The van der Waals surface area contributed by atoms with Crippen molar-refractivity contribution < 1.29 is 9.59 Å². The van der Waals surface area contributed by atoms with Crippen molar-refractivity contribution in [1.82, 2.24) is 19.7 Å². The number of para-hydroxylation sites is 2. The van der Waals surface area contributed by atoms with E-state index in [2.05, 4.69) is 20.7 Å². The zero-order chi connectivity index (χ0) is 22.1. The van der Waals surface area contributed by atoms with E-state index in [-0.39, 0.29) is 17.5 Å². The molecule has 9 heteroatoms. The first-order valence-electron chi connectivity index (χ1n) is 10.2. The zero-order valence-electron chi connectivity index (χ0n) is 17.8. The number of amides is 2. The normalized spacial score (nSPS) is 12.3. The van der Waals surface area contributed by atoms with Crippen LogP contribution in [0, 0.1) is 5.92 Å². The molecule has 4 rings (SSSR count). The summed E-state index contributed by atoms with van der Waals surface area (Å²) in [7, 11) is 1.77. The molecule has 1 aliphatic rings. The Morgan fingerprint density at radius 2 is 1.94 bits per heavy atom. The molecule has 0 radical (unpaired) electrons. The minimum atomic E-state index is -0.543. The first-order chi connectivity index (χ1) is 14.8. The lowest BCUT2D eigenvalue weighted by molar-refractivity contribution is -0.116. The van der Waals surface area contributed by atoms with E-state index in [1.54, 1.807) is 17.9 Å². The molecule has 0 atom stereocenters. The van der Waals surface area contributed by atoms with Gasteiger partial charge in [0, 0.05) is 25.2 Å². The van der Waals surface area contributed by atoms with Crippen LogP contribution in [0.25, 0.3) is 11.4 Å². The molecule has 31 heavy (non-hydrogen) atoms. The topological polar surface area (TPSA) is 128 Å². The molecule has 3 aromatic rings. The standard InChI is InChI=1S/C22H25N7O2/c1-12(2)10-17(30)25-15-6-4-5-7-16(15)26-22-24-11-13-8-9-14-19(21(23)31)28-29(3)20(14)18(13)27-22/h4-7,11-12H,8-10H2,1-3H3,(H2,23,31)(H,25,30)(H,24,26,27). The van der Waals surface area contributed by atoms with Gasteiger partial charge in [0.15, 0.2) is 5.69 Å². The second-order valence-corrected chi connectivity index (χ2v) is 8.05. The van der Waals surface area contributed by atoms with Crippen LogP contribution in [0.1, 0.15) is 41.9 Å². The number of fused-ring (bicyclic) bond motifs is 3. The molecular formula is C22H25N7O2. The average molecular weight is 419 g/mol. The number of primary amides is 1. The monoisotopic (exact) mass is 419 g/mol. The van der Waals surface area contributed by atoms with Crippen LogP contribution in [-0.4, -0.2) is 31.6 Å². The second-order valence-electron chi connectivity index (χ2n) is 8.05. The molecule has 0 bridgehead atoms. The zero-order valence-corrected chi connectivity index (χ0v) is 17.8. The Morgan fingerprint density at radius 3 is 2.65 bits per heavy atom. The quantitative estimate of drug-likeness (QED) is 0.564. The second kappa shape index (κ2) is 8.17. The molecule has 0 unspecified atom stereocenters. The fourth-order valence-corrected chi connectivity index (χ4v) is 3.81. The number of carbonyl (C=O) groups is 2. The predicted molar refractivity (Wildman–Crippen MR) is 118 cm³/mol. The number of aromatic nitrogens is 4. The van der Waals surface area contributed by atoms with Crippen molar-refractivity contribution in [2.75, 3.05) is 10.6 Å². The fourth-order valence-electron chi connectivity index (χ4n) is 3.81. The maximum Gasteiger partial charge on any atom is 0.269 e. The molecule has 0 saturated heterocycles. The molecule has 4 N–H and O–H groups in total. The molecule has 2 heterocycles. The fraction of sp³-hybridized carbons (Fsp3) is 0.318. The molecule has 0 spiro atoms. The van der Waals surface area contributed by atoms with E-state index in [0.29, 0.717) is 36.6 Å². The SMILES string of the molecule is CC(C)CC(=O)Nc1ccccc1Nc1ncc2c(n1)-c1c(c(C(N)=O)nn1C)CC2. The summed E-state index contributed by atoms with van der Waals surface area (Å²) in [5, 5.41) is 10.4. The van der Waals surface area contributed by atoms with Gasteiger partial charge in [0.2, 0.25) is 11.9 Å². The Hall–Kier alpha value is -3.75. The Balaban J connectivity index is 1.65. The van der Waals surface area contributed by atoms with E-state index in [4.69, 9.17) is 10.7 Å². The van der Waals surface area contributed by atoms with Gasteiger partial charge in [0.25, 0.3) is 5.91 Å². The number of rotatable bonds is 6.